The zero-order valence-corrected chi connectivity index (χ0v) is 15.9. The number of hydrogen-bond acceptors (Lipinski definition) is 4. The maximum absolute atomic E-state index is 5.82. The van der Waals surface area contributed by atoms with Crippen LogP contribution in [0.25, 0.3) is 0 Å². The molecule has 0 fully saturated rings. The van der Waals surface area contributed by atoms with Crippen molar-refractivity contribution in [2.75, 3.05) is 0 Å². The summed E-state index contributed by atoms with van der Waals surface area (Å²) in [6, 6.07) is 13.3. The third-order valence-corrected chi connectivity index (χ3v) is 5.37. The number of hydrogen-bond donors (Lipinski definition) is 0. The van der Waals surface area contributed by atoms with Crippen molar-refractivity contribution < 1.29 is 4.42 Å². The molecule has 4 heteroatoms. The van der Waals surface area contributed by atoms with Gasteiger partial charge in [0.2, 0.25) is 11.8 Å². The summed E-state index contributed by atoms with van der Waals surface area (Å²) in [5.74, 6) is 1.35. The van der Waals surface area contributed by atoms with Crippen LogP contribution in [0.2, 0.25) is 0 Å². The van der Waals surface area contributed by atoms with E-state index in [1.54, 1.807) is 0 Å². The summed E-state index contributed by atoms with van der Waals surface area (Å²) in [7, 11) is 0. The Hall–Kier alpha value is -2.46. The van der Waals surface area contributed by atoms with E-state index in [-0.39, 0.29) is 6.04 Å². The van der Waals surface area contributed by atoms with Crippen molar-refractivity contribution in [2.24, 2.45) is 0 Å². The Morgan fingerprint density at radius 1 is 1.00 bits per heavy atom. The van der Waals surface area contributed by atoms with Crippen LogP contribution in [0.1, 0.15) is 51.2 Å². The third kappa shape index (κ3) is 3.17. The second kappa shape index (κ2) is 6.69. The average Bonchev–Trinajstić information content (AvgIpc) is 3.03. The van der Waals surface area contributed by atoms with Crippen LogP contribution in [0, 0.1) is 27.7 Å². The average molecular weight is 347 g/mol. The highest BCUT2D eigenvalue weighted by atomic mass is 16.4. The molecule has 134 valence electrons. The molecule has 0 radical (unpaired) electrons. The van der Waals surface area contributed by atoms with Gasteiger partial charge < -0.3 is 4.42 Å². The molecule has 0 saturated heterocycles. The first-order chi connectivity index (χ1) is 12.5. The molecule has 0 N–H and O–H groups in total. The molecule has 2 heterocycles. The van der Waals surface area contributed by atoms with E-state index in [1.807, 2.05) is 6.92 Å². The summed E-state index contributed by atoms with van der Waals surface area (Å²) in [6.45, 7) is 10.2. The molecule has 1 atom stereocenters. The van der Waals surface area contributed by atoms with Crippen molar-refractivity contribution in [2.45, 2.75) is 53.2 Å². The van der Waals surface area contributed by atoms with Crippen molar-refractivity contribution in [3.63, 3.8) is 0 Å². The van der Waals surface area contributed by atoms with Crippen LogP contribution in [-0.2, 0) is 19.5 Å². The first-order valence-electron chi connectivity index (χ1n) is 9.19. The van der Waals surface area contributed by atoms with Gasteiger partial charge in [-0.05, 0) is 55.0 Å². The van der Waals surface area contributed by atoms with E-state index in [0.717, 1.165) is 25.4 Å². The first kappa shape index (κ1) is 17.0. The number of rotatable bonds is 3. The smallest absolute Gasteiger partial charge is 0.233 e. The quantitative estimate of drug-likeness (QED) is 0.694. The Morgan fingerprint density at radius 3 is 2.35 bits per heavy atom. The lowest BCUT2D eigenvalue weighted by molar-refractivity contribution is 0.137. The topological polar surface area (TPSA) is 42.2 Å². The van der Waals surface area contributed by atoms with Crippen LogP contribution >= 0.6 is 0 Å². The molecule has 4 rings (SSSR count). The summed E-state index contributed by atoms with van der Waals surface area (Å²) in [4.78, 5) is 2.47. The van der Waals surface area contributed by atoms with E-state index in [0.29, 0.717) is 5.89 Å². The summed E-state index contributed by atoms with van der Waals surface area (Å²) >= 11 is 0. The second-order valence-electron chi connectivity index (χ2n) is 7.43. The molecule has 0 bridgehead atoms. The van der Waals surface area contributed by atoms with Gasteiger partial charge in [0.25, 0.3) is 0 Å². The minimum Gasteiger partial charge on any atom is -0.424 e. The van der Waals surface area contributed by atoms with Gasteiger partial charge in [0.05, 0.1) is 6.04 Å². The van der Waals surface area contributed by atoms with Crippen molar-refractivity contribution in [1.29, 1.82) is 0 Å². The van der Waals surface area contributed by atoms with Crippen LogP contribution in [0.15, 0.2) is 40.8 Å². The number of aryl methyl sites for hydroxylation is 4. The zero-order chi connectivity index (χ0) is 18.3. The summed E-state index contributed by atoms with van der Waals surface area (Å²) < 4.78 is 5.82. The fraction of sp³-hybridized carbons (Fsp3) is 0.364. The lowest BCUT2D eigenvalue weighted by Crippen LogP contribution is -2.34. The van der Waals surface area contributed by atoms with Crippen molar-refractivity contribution >= 4 is 0 Å². The minimum atomic E-state index is 0.117. The lowest BCUT2D eigenvalue weighted by Gasteiger charge is -2.35. The maximum Gasteiger partial charge on any atom is 0.233 e. The monoisotopic (exact) mass is 347 g/mol. The zero-order valence-electron chi connectivity index (χ0n) is 15.9. The fourth-order valence-corrected chi connectivity index (χ4v) is 4.10. The van der Waals surface area contributed by atoms with Gasteiger partial charge >= 0.3 is 0 Å². The second-order valence-corrected chi connectivity index (χ2v) is 7.43. The van der Waals surface area contributed by atoms with Gasteiger partial charge in [-0.1, -0.05) is 42.0 Å². The van der Waals surface area contributed by atoms with E-state index in [1.165, 1.54) is 33.4 Å². The van der Waals surface area contributed by atoms with Gasteiger partial charge in [0.15, 0.2) is 0 Å². The molecule has 3 aromatic rings. The SMILES string of the molecule is Cc1cc(C)c(CN2Cc3ccccc3CC2c2nnc(C)o2)c(C)c1. The molecule has 1 aromatic heterocycles. The molecule has 0 saturated carbocycles. The number of nitrogens with zero attached hydrogens (tertiary/aromatic N) is 3. The number of fused-ring (bicyclic) bond motifs is 1. The van der Waals surface area contributed by atoms with Gasteiger partial charge in [0.1, 0.15) is 0 Å². The highest BCUT2D eigenvalue weighted by molar-refractivity contribution is 5.38. The Morgan fingerprint density at radius 2 is 1.69 bits per heavy atom. The van der Waals surface area contributed by atoms with Gasteiger partial charge in [-0.3, -0.25) is 4.90 Å². The Labute approximate surface area is 154 Å². The number of benzene rings is 2. The van der Waals surface area contributed by atoms with Crippen molar-refractivity contribution in [3.8, 4) is 0 Å². The normalized spacial score (nSPS) is 17.3. The lowest BCUT2D eigenvalue weighted by atomic mass is 9.92. The van der Waals surface area contributed by atoms with Crippen LogP contribution < -0.4 is 0 Å². The largest absolute Gasteiger partial charge is 0.424 e. The first-order valence-corrected chi connectivity index (χ1v) is 9.19. The fourth-order valence-electron chi connectivity index (χ4n) is 4.10. The predicted molar refractivity (Wildman–Crippen MR) is 102 cm³/mol. The Bertz CT molecular complexity index is 921. The molecule has 4 nitrogen and oxygen atoms in total. The molecule has 1 aliphatic heterocycles. The van der Waals surface area contributed by atoms with Crippen molar-refractivity contribution in [1.82, 2.24) is 15.1 Å². The molecular formula is C22H25N3O. The van der Waals surface area contributed by atoms with Crippen LogP contribution in [-0.4, -0.2) is 15.1 Å². The molecule has 0 spiro atoms. The molecule has 1 aliphatic rings. The standard InChI is InChI=1S/C22H25N3O/c1-14-9-15(2)20(16(3)10-14)13-25-12-19-8-6-5-7-18(19)11-21(25)22-24-23-17(4)26-22/h5-10,21H,11-13H2,1-4H3. The third-order valence-electron chi connectivity index (χ3n) is 5.37. The van der Waals surface area contributed by atoms with E-state index >= 15 is 0 Å². The summed E-state index contributed by atoms with van der Waals surface area (Å²) in [5, 5.41) is 8.40. The van der Waals surface area contributed by atoms with Gasteiger partial charge in [-0.25, -0.2) is 0 Å². The number of aromatic nitrogens is 2. The van der Waals surface area contributed by atoms with Crippen molar-refractivity contribution in [3.05, 3.63) is 81.6 Å². The minimum absolute atomic E-state index is 0.117. The highest BCUT2D eigenvalue weighted by Gasteiger charge is 2.31. The Balaban J connectivity index is 1.72. The molecule has 1 unspecified atom stereocenters. The van der Waals surface area contributed by atoms with Crippen LogP contribution in [0.5, 0.6) is 0 Å². The summed E-state index contributed by atoms with van der Waals surface area (Å²) in [5.41, 5.74) is 8.18. The molecule has 2 aromatic carbocycles. The molecule has 26 heavy (non-hydrogen) atoms. The highest BCUT2D eigenvalue weighted by Crippen LogP contribution is 2.34. The van der Waals surface area contributed by atoms with E-state index in [9.17, 15) is 0 Å². The van der Waals surface area contributed by atoms with Crippen LogP contribution in [0.4, 0.5) is 0 Å². The predicted octanol–water partition coefficient (Wildman–Crippen LogP) is 4.60. The van der Waals surface area contributed by atoms with E-state index in [4.69, 9.17) is 4.42 Å². The van der Waals surface area contributed by atoms with E-state index in [2.05, 4.69) is 72.3 Å². The molecule has 0 aliphatic carbocycles. The maximum atomic E-state index is 5.82. The Kier molecular flexibility index (Phi) is 4.37. The van der Waals surface area contributed by atoms with Gasteiger partial charge in [-0.15, -0.1) is 10.2 Å². The van der Waals surface area contributed by atoms with Gasteiger partial charge in [0, 0.05) is 20.0 Å². The van der Waals surface area contributed by atoms with Gasteiger partial charge in [-0.2, -0.15) is 0 Å². The summed E-state index contributed by atoms with van der Waals surface area (Å²) in [6.07, 6.45) is 0.905. The molecular weight excluding hydrogens is 322 g/mol. The van der Waals surface area contributed by atoms with E-state index < -0.39 is 0 Å². The molecule has 0 amide bonds. The van der Waals surface area contributed by atoms with Crippen LogP contribution in [0.3, 0.4) is 0 Å².